The van der Waals surface area contributed by atoms with Crippen LogP contribution in [0.4, 0.5) is 0 Å². The first-order chi connectivity index (χ1) is 12.4. The lowest BCUT2D eigenvalue weighted by atomic mass is 10.1. The van der Waals surface area contributed by atoms with Crippen molar-refractivity contribution in [2.45, 2.75) is 33.8 Å². The summed E-state index contributed by atoms with van der Waals surface area (Å²) in [6.45, 7) is 5.69. The first-order valence-corrected chi connectivity index (χ1v) is 8.14. The number of H-pyrrole nitrogens is 1. The van der Waals surface area contributed by atoms with Crippen LogP contribution < -0.4 is 20.7 Å². The Balaban J connectivity index is 1.93. The molecule has 0 unspecified atom stereocenters. The van der Waals surface area contributed by atoms with E-state index in [9.17, 15) is 9.59 Å². The highest BCUT2D eigenvalue weighted by molar-refractivity contribution is 5.75. The largest absolute Gasteiger partial charge is 0.495 e. The summed E-state index contributed by atoms with van der Waals surface area (Å²) in [5.74, 6) is 0.722. The Kier molecular flexibility index (Phi) is 4.75. The van der Waals surface area contributed by atoms with Gasteiger partial charge in [-0.25, -0.2) is 4.79 Å². The average molecular weight is 357 g/mol. The number of aromatic nitrogens is 3. The molecule has 0 aliphatic heterocycles. The van der Waals surface area contributed by atoms with Crippen LogP contribution in [0.2, 0.25) is 0 Å². The molecule has 0 spiro atoms. The molecule has 0 saturated carbocycles. The number of hydrogen-bond acceptors (Lipinski definition) is 7. The molecule has 0 saturated heterocycles. The predicted octanol–water partition coefficient (Wildman–Crippen LogP) is 2.04. The van der Waals surface area contributed by atoms with Gasteiger partial charge in [-0.2, -0.15) is 4.98 Å². The molecule has 0 aliphatic rings. The number of hydrogen-bond donors (Lipinski definition) is 1. The number of pyridine rings is 1. The van der Waals surface area contributed by atoms with Gasteiger partial charge in [0.25, 0.3) is 11.6 Å². The fourth-order valence-electron chi connectivity index (χ4n) is 2.90. The van der Waals surface area contributed by atoms with Crippen LogP contribution in [-0.2, 0) is 13.0 Å². The molecule has 8 heteroatoms. The van der Waals surface area contributed by atoms with Crippen LogP contribution in [0.25, 0.3) is 11.1 Å². The molecule has 26 heavy (non-hydrogen) atoms. The molecule has 3 aromatic rings. The molecule has 1 N–H and O–H groups in total. The fourth-order valence-corrected chi connectivity index (χ4v) is 2.90. The maximum absolute atomic E-state index is 12.3. The lowest BCUT2D eigenvalue weighted by Crippen LogP contribution is -2.15. The Morgan fingerprint density at radius 2 is 1.96 bits per heavy atom. The monoisotopic (exact) mass is 357 g/mol. The number of methoxy groups -OCH3 is 1. The van der Waals surface area contributed by atoms with Gasteiger partial charge >= 0.3 is 5.63 Å². The molecule has 0 bridgehead atoms. The lowest BCUT2D eigenvalue weighted by Gasteiger charge is -2.11. The topological polar surface area (TPSA) is 107 Å². The number of nitrogens with zero attached hydrogens (tertiary/aromatic N) is 2. The van der Waals surface area contributed by atoms with Crippen LogP contribution in [-0.4, -0.2) is 22.1 Å². The van der Waals surface area contributed by atoms with E-state index in [0.717, 1.165) is 17.0 Å². The minimum atomic E-state index is -0.554. The Labute approximate surface area is 148 Å². The Hall–Kier alpha value is -3.16. The van der Waals surface area contributed by atoms with E-state index in [1.165, 1.54) is 6.07 Å². The molecular formula is C18H19N3O5. The van der Waals surface area contributed by atoms with Crippen molar-refractivity contribution in [3.63, 3.8) is 0 Å². The lowest BCUT2D eigenvalue weighted by molar-refractivity contribution is 0.274. The third-order valence-electron chi connectivity index (χ3n) is 4.00. The maximum Gasteiger partial charge on any atom is 0.337 e. The van der Waals surface area contributed by atoms with Gasteiger partial charge in [-0.05, 0) is 37.5 Å². The SMILES string of the molecule is CCc1cc(=O)oc2nc(OCc3cc(C)c(OC)c(C)n3)[nH]c(=O)c12. The van der Waals surface area contributed by atoms with Crippen LogP contribution >= 0.6 is 0 Å². The molecule has 0 fully saturated rings. The van der Waals surface area contributed by atoms with E-state index in [2.05, 4.69) is 15.0 Å². The van der Waals surface area contributed by atoms with Crippen LogP contribution in [0.3, 0.4) is 0 Å². The van der Waals surface area contributed by atoms with E-state index in [4.69, 9.17) is 13.9 Å². The highest BCUT2D eigenvalue weighted by Crippen LogP contribution is 2.22. The van der Waals surface area contributed by atoms with Gasteiger partial charge in [0.1, 0.15) is 17.7 Å². The van der Waals surface area contributed by atoms with Gasteiger partial charge in [0.15, 0.2) is 0 Å². The average Bonchev–Trinajstić information content (AvgIpc) is 2.58. The molecule has 3 aromatic heterocycles. The van der Waals surface area contributed by atoms with E-state index >= 15 is 0 Å². The van der Waals surface area contributed by atoms with Crippen molar-refractivity contribution in [3.8, 4) is 11.8 Å². The number of aromatic amines is 1. The van der Waals surface area contributed by atoms with Crippen molar-refractivity contribution in [2.24, 2.45) is 0 Å². The molecule has 0 aliphatic carbocycles. The molecular weight excluding hydrogens is 338 g/mol. The first-order valence-electron chi connectivity index (χ1n) is 8.14. The maximum atomic E-state index is 12.3. The van der Waals surface area contributed by atoms with Gasteiger partial charge in [0.2, 0.25) is 5.71 Å². The van der Waals surface area contributed by atoms with Crippen molar-refractivity contribution in [2.75, 3.05) is 7.11 Å². The summed E-state index contributed by atoms with van der Waals surface area (Å²) in [6.07, 6.45) is 0.515. The van der Waals surface area contributed by atoms with Crippen LogP contribution in [0.5, 0.6) is 11.8 Å². The standard InChI is InChI=1S/C18H19N3O5/c1-5-11-7-13(22)26-17-14(11)16(23)20-18(21-17)25-8-12-6-9(2)15(24-4)10(3)19-12/h6-7H,5,8H2,1-4H3,(H,20,21,23). The fraction of sp³-hybridized carbons (Fsp3) is 0.333. The molecule has 0 amide bonds. The predicted molar refractivity (Wildman–Crippen MR) is 94.9 cm³/mol. The summed E-state index contributed by atoms with van der Waals surface area (Å²) in [6, 6.07) is 3.10. The summed E-state index contributed by atoms with van der Waals surface area (Å²) in [4.78, 5) is 35.0. The van der Waals surface area contributed by atoms with E-state index < -0.39 is 11.2 Å². The third-order valence-corrected chi connectivity index (χ3v) is 4.00. The van der Waals surface area contributed by atoms with Gasteiger partial charge in [-0.1, -0.05) is 6.92 Å². The minimum absolute atomic E-state index is 0.0353. The molecule has 3 heterocycles. The summed E-state index contributed by atoms with van der Waals surface area (Å²) in [7, 11) is 1.59. The molecule has 0 radical (unpaired) electrons. The highest BCUT2D eigenvalue weighted by atomic mass is 16.5. The summed E-state index contributed by atoms with van der Waals surface area (Å²) in [5, 5.41) is 0.258. The van der Waals surface area contributed by atoms with Crippen molar-refractivity contribution in [3.05, 3.63) is 55.4 Å². The van der Waals surface area contributed by atoms with Gasteiger partial charge in [0.05, 0.1) is 18.5 Å². The third kappa shape index (κ3) is 3.30. The van der Waals surface area contributed by atoms with Gasteiger partial charge in [-0.15, -0.1) is 0 Å². The van der Waals surface area contributed by atoms with Crippen LogP contribution in [0.15, 0.2) is 26.1 Å². The number of fused-ring (bicyclic) bond motifs is 1. The normalized spacial score (nSPS) is 10.9. The van der Waals surface area contributed by atoms with Gasteiger partial charge < -0.3 is 13.9 Å². The minimum Gasteiger partial charge on any atom is -0.495 e. The van der Waals surface area contributed by atoms with Crippen LogP contribution in [0, 0.1) is 13.8 Å². The molecule has 8 nitrogen and oxygen atoms in total. The zero-order valence-electron chi connectivity index (χ0n) is 15.0. The smallest absolute Gasteiger partial charge is 0.337 e. The van der Waals surface area contributed by atoms with Crippen molar-refractivity contribution in [1.29, 1.82) is 0 Å². The number of ether oxygens (including phenoxy) is 2. The zero-order valence-corrected chi connectivity index (χ0v) is 15.0. The number of nitrogens with one attached hydrogen (secondary N) is 1. The highest BCUT2D eigenvalue weighted by Gasteiger charge is 2.13. The Bertz CT molecular complexity index is 1060. The summed E-state index contributed by atoms with van der Waals surface area (Å²) in [5.41, 5.74) is 1.90. The van der Waals surface area contributed by atoms with Crippen LogP contribution in [0.1, 0.15) is 29.4 Å². The van der Waals surface area contributed by atoms with E-state index in [1.807, 2.05) is 26.8 Å². The van der Waals surface area contributed by atoms with E-state index in [0.29, 0.717) is 17.7 Å². The second kappa shape index (κ2) is 6.99. The second-order valence-corrected chi connectivity index (χ2v) is 5.83. The van der Waals surface area contributed by atoms with E-state index in [-0.39, 0.29) is 23.7 Å². The molecule has 3 rings (SSSR count). The Morgan fingerprint density at radius 1 is 1.19 bits per heavy atom. The summed E-state index contributed by atoms with van der Waals surface area (Å²) < 4.78 is 15.9. The number of rotatable bonds is 5. The van der Waals surface area contributed by atoms with E-state index in [1.54, 1.807) is 7.11 Å². The van der Waals surface area contributed by atoms with Gasteiger partial charge in [-0.3, -0.25) is 14.8 Å². The summed E-state index contributed by atoms with van der Waals surface area (Å²) >= 11 is 0. The zero-order chi connectivity index (χ0) is 18.8. The molecule has 136 valence electrons. The van der Waals surface area contributed by atoms with Crippen molar-refractivity contribution in [1.82, 2.24) is 15.0 Å². The number of aryl methyl sites for hydroxylation is 3. The molecule has 0 atom stereocenters. The second-order valence-electron chi connectivity index (χ2n) is 5.83. The quantitative estimate of drug-likeness (QED) is 0.744. The van der Waals surface area contributed by atoms with Gasteiger partial charge in [0, 0.05) is 6.07 Å². The molecule has 0 aromatic carbocycles. The first kappa shape index (κ1) is 17.7. The van der Waals surface area contributed by atoms with Crippen molar-refractivity contribution >= 4 is 11.1 Å². The Morgan fingerprint density at radius 3 is 2.62 bits per heavy atom. The van der Waals surface area contributed by atoms with Crippen molar-refractivity contribution < 1.29 is 13.9 Å².